The highest BCUT2D eigenvalue weighted by Crippen LogP contribution is 2.19. The van der Waals surface area contributed by atoms with Gasteiger partial charge >= 0.3 is 0 Å². The average molecular weight is 372 g/mol. The predicted octanol–water partition coefficient (Wildman–Crippen LogP) is 1.60. The lowest BCUT2D eigenvalue weighted by atomic mass is 9.99. The fourth-order valence-corrected chi connectivity index (χ4v) is 3.48. The number of benzene rings is 1. The molecule has 0 bridgehead atoms. The first-order valence-electron chi connectivity index (χ1n) is 9.56. The zero-order valence-corrected chi connectivity index (χ0v) is 16.1. The van der Waals surface area contributed by atoms with Crippen molar-refractivity contribution in [2.45, 2.75) is 32.7 Å². The van der Waals surface area contributed by atoms with Crippen molar-refractivity contribution < 1.29 is 14.3 Å². The van der Waals surface area contributed by atoms with Gasteiger partial charge in [-0.25, -0.2) is 4.98 Å². The molecule has 1 aromatic heterocycles. The second-order valence-corrected chi connectivity index (χ2v) is 7.20. The molecule has 7 nitrogen and oxygen atoms in total. The minimum Gasteiger partial charge on any atom is -0.375 e. The summed E-state index contributed by atoms with van der Waals surface area (Å²) in [6.07, 6.45) is 2.69. The van der Waals surface area contributed by atoms with Gasteiger partial charge in [-0.1, -0.05) is 19.1 Å². The Morgan fingerprint density at radius 2 is 2.00 bits per heavy atom. The maximum absolute atomic E-state index is 12.8. The van der Waals surface area contributed by atoms with Crippen LogP contribution in [0.4, 0.5) is 0 Å². The van der Waals surface area contributed by atoms with Gasteiger partial charge in [-0.2, -0.15) is 0 Å². The van der Waals surface area contributed by atoms with E-state index < -0.39 is 0 Å². The molecule has 3 rings (SSSR count). The SMILES string of the molecule is COCC(=O)NCCc1nc2ccccc2n1CC(=O)N1CCC(C)CC1. The third-order valence-corrected chi connectivity index (χ3v) is 5.11. The van der Waals surface area contributed by atoms with Crippen molar-refractivity contribution in [1.29, 1.82) is 0 Å². The van der Waals surface area contributed by atoms with Crippen LogP contribution in [-0.2, 0) is 27.3 Å². The lowest BCUT2D eigenvalue weighted by molar-refractivity contribution is -0.133. The second kappa shape index (κ2) is 8.99. The van der Waals surface area contributed by atoms with Gasteiger partial charge in [-0.05, 0) is 30.9 Å². The van der Waals surface area contributed by atoms with E-state index in [0.717, 1.165) is 42.8 Å². The van der Waals surface area contributed by atoms with E-state index in [-0.39, 0.29) is 25.0 Å². The number of imidazole rings is 1. The molecule has 0 spiro atoms. The van der Waals surface area contributed by atoms with Gasteiger partial charge in [0.1, 0.15) is 19.0 Å². The molecule has 2 amide bonds. The summed E-state index contributed by atoms with van der Waals surface area (Å²) >= 11 is 0. The number of methoxy groups -OCH3 is 1. The molecule has 1 aliphatic rings. The molecular weight excluding hydrogens is 344 g/mol. The molecule has 2 aromatic rings. The summed E-state index contributed by atoms with van der Waals surface area (Å²) in [5.41, 5.74) is 1.82. The largest absolute Gasteiger partial charge is 0.375 e. The zero-order valence-electron chi connectivity index (χ0n) is 16.1. The van der Waals surface area contributed by atoms with E-state index in [4.69, 9.17) is 4.74 Å². The van der Waals surface area contributed by atoms with Crippen LogP contribution >= 0.6 is 0 Å². The van der Waals surface area contributed by atoms with Crippen LogP contribution in [0.25, 0.3) is 11.0 Å². The maximum Gasteiger partial charge on any atom is 0.245 e. The number of aromatic nitrogens is 2. The number of nitrogens with zero attached hydrogens (tertiary/aromatic N) is 3. The monoisotopic (exact) mass is 372 g/mol. The van der Waals surface area contributed by atoms with Gasteiger partial charge in [0.15, 0.2) is 0 Å². The Morgan fingerprint density at radius 3 is 2.74 bits per heavy atom. The molecule has 7 heteroatoms. The third kappa shape index (κ3) is 4.86. The summed E-state index contributed by atoms with van der Waals surface area (Å²) in [6.45, 7) is 4.69. The number of para-hydroxylation sites is 2. The molecule has 0 unspecified atom stereocenters. The molecule has 27 heavy (non-hydrogen) atoms. The lowest BCUT2D eigenvalue weighted by Gasteiger charge is -2.30. The first-order valence-corrected chi connectivity index (χ1v) is 9.56. The summed E-state index contributed by atoms with van der Waals surface area (Å²) in [6, 6.07) is 7.84. The Hall–Kier alpha value is -2.41. The smallest absolute Gasteiger partial charge is 0.245 e. The summed E-state index contributed by atoms with van der Waals surface area (Å²) in [5.74, 6) is 1.48. The second-order valence-electron chi connectivity index (χ2n) is 7.20. The number of likely N-dealkylation sites (tertiary alicyclic amines) is 1. The van der Waals surface area contributed by atoms with Crippen molar-refractivity contribution >= 4 is 22.8 Å². The number of ether oxygens (including phenoxy) is 1. The topological polar surface area (TPSA) is 76.5 Å². The normalized spacial score (nSPS) is 15.3. The summed E-state index contributed by atoms with van der Waals surface area (Å²) in [7, 11) is 1.49. The number of amides is 2. The molecule has 0 saturated carbocycles. The average Bonchev–Trinajstić information content (AvgIpc) is 3.00. The summed E-state index contributed by atoms with van der Waals surface area (Å²) < 4.78 is 6.81. The molecule has 1 saturated heterocycles. The Morgan fingerprint density at radius 1 is 1.26 bits per heavy atom. The fraction of sp³-hybridized carbons (Fsp3) is 0.550. The van der Waals surface area contributed by atoms with Gasteiger partial charge in [-0.3, -0.25) is 9.59 Å². The van der Waals surface area contributed by atoms with Crippen LogP contribution in [0.15, 0.2) is 24.3 Å². The van der Waals surface area contributed by atoms with Crippen LogP contribution in [0, 0.1) is 5.92 Å². The van der Waals surface area contributed by atoms with Crippen LogP contribution < -0.4 is 5.32 Å². The molecule has 0 radical (unpaired) electrons. The number of piperidine rings is 1. The first-order chi connectivity index (χ1) is 13.1. The van der Waals surface area contributed by atoms with Crippen molar-refractivity contribution in [3.05, 3.63) is 30.1 Å². The summed E-state index contributed by atoms with van der Waals surface area (Å²) in [4.78, 5) is 31.0. The quantitative estimate of drug-likeness (QED) is 0.801. The minimum atomic E-state index is -0.154. The Bertz CT molecular complexity index is 794. The molecular formula is C20H28N4O3. The Balaban J connectivity index is 1.72. The number of hydrogen-bond acceptors (Lipinski definition) is 4. The molecule has 1 fully saturated rings. The van der Waals surface area contributed by atoms with Crippen LogP contribution in [-0.4, -0.2) is 59.6 Å². The number of carbonyl (C=O) groups excluding carboxylic acids is 2. The molecule has 0 atom stereocenters. The molecule has 146 valence electrons. The van der Waals surface area contributed by atoms with Crippen molar-refractivity contribution in [1.82, 2.24) is 19.8 Å². The van der Waals surface area contributed by atoms with Gasteiger partial charge < -0.3 is 19.5 Å². The van der Waals surface area contributed by atoms with Gasteiger partial charge in [0.25, 0.3) is 0 Å². The van der Waals surface area contributed by atoms with E-state index in [0.29, 0.717) is 18.9 Å². The molecule has 2 heterocycles. The number of hydrogen-bond donors (Lipinski definition) is 1. The Labute approximate surface area is 159 Å². The van der Waals surface area contributed by atoms with Crippen LogP contribution in [0.1, 0.15) is 25.6 Å². The highest BCUT2D eigenvalue weighted by molar-refractivity contribution is 5.81. The van der Waals surface area contributed by atoms with E-state index in [2.05, 4.69) is 17.2 Å². The van der Waals surface area contributed by atoms with E-state index >= 15 is 0 Å². The van der Waals surface area contributed by atoms with Crippen LogP contribution in [0.2, 0.25) is 0 Å². The van der Waals surface area contributed by atoms with Crippen molar-refractivity contribution in [3.63, 3.8) is 0 Å². The van der Waals surface area contributed by atoms with E-state index in [1.165, 1.54) is 7.11 Å². The number of carbonyl (C=O) groups is 2. The highest BCUT2D eigenvalue weighted by Gasteiger charge is 2.22. The Kier molecular flexibility index (Phi) is 6.45. The van der Waals surface area contributed by atoms with E-state index in [1.54, 1.807) is 0 Å². The fourth-order valence-electron chi connectivity index (χ4n) is 3.48. The van der Waals surface area contributed by atoms with Crippen LogP contribution in [0.5, 0.6) is 0 Å². The van der Waals surface area contributed by atoms with Gasteiger partial charge in [0.2, 0.25) is 11.8 Å². The molecule has 1 aromatic carbocycles. The minimum absolute atomic E-state index is 0.0439. The van der Waals surface area contributed by atoms with Gasteiger partial charge in [0.05, 0.1) is 11.0 Å². The standard InChI is InChI=1S/C20H28N4O3/c1-15-8-11-23(12-9-15)20(26)13-24-17-6-4-3-5-16(17)22-18(24)7-10-21-19(25)14-27-2/h3-6,15H,7-14H2,1-2H3,(H,21,25). The van der Waals surface area contributed by atoms with Gasteiger partial charge in [0, 0.05) is 33.2 Å². The zero-order chi connectivity index (χ0) is 19.2. The third-order valence-electron chi connectivity index (χ3n) is 5.11. The van der Waals surface area contributed by atoms with E-state index in [9.17, 15) is 9.59 Å². The first kappa shape index (κ1) is 19.4. The molecule has 0 aliphatic carbocycles. The number of nitrogens with one attached hydrogen (secondary N) is 1. The lowest BCUT2D eigenvalue weighted by Crippen LogP contribution is -2.40. The van der Waals surface area contributed by atoms with Crippen molar-refractivity contribution in [3.8, 4) is 0 Å². The van der Waals surface area contributed by atoms with Crippen molar-refractivity contribution in [2.75, 3.05) is 33.4 Å². The van der Waals surface area contributed by atoms with Crippen LogP contribution in [0.3, 0.4) is 0 Å². The highest BCUT2D eigenvalue weighted by atomic mass is 16.5. The summed E-state index contributed by atoms with van der Waals surface area (Å²) in [5, 5.41) is 2.81. The van der Waals surface area contributed by atoms with Crippen molar-refractivity contribution in [2.24, 2.45) is 5.92 Å². The van der Waals surface area contributed by atoms with Gasteiger partial charge in [-0.15, -0.1) is 0 Å². The number of fused-ring (bicyclic) bond motifs is 1. The molecule has 1 N–H and O–H groups in total. The van der Waals surface area contributed by atoms with E-state index in [1.807, 2.05) is 33.7 Å². The maximum atomic E-state index is 12.8. The predicted molar refractivity (Wildman–Crippen MR) is 103 cm³/mol. The number of rotatable bonds is 7. The molecule has 1 aliphatic heterocycles.